The van der Waals surface area contributed by atoms with Gasteiger partial charge in [-0.1, -0.05) is 196 Å². The van der Waals surface area contributed by atoms with Crippen molar-refractivity contribution in [2.45, 2.75) is 219 Å². The van der Waals surface area contributed by atoms with Crippen LogP contribution in [0.3, 0.4) is 0 Å². The van der Waals surface area contributed by atoms with Crippen molar-refractivity contribution < 1.29 is 23.8 Å². The van der Waals surface area contributed by atoms with Gasteiger partial charge in [0.2, 0.25) is 0 Å². The van der Waals surface area contributed by atoms with Crippen LogP contribution in [0.1, 0.15) is 213 Å². The average molecular weight is 807 g/mol. The van der Waals surface area contributed by atoms with Crippen LogP contribution in [0.4, 0.5) is 0 Å². The largest absolute Gasteiger partial charge is 0.462 e. The molecule has 332 valence electrons. The second-order valence-corrected chi connectivity index (χ2v) is 15.6. The minimum absolute atomic E-state index is 0.0647. The molecule has 0 bridgehead atoms. The van der Waals surface area contributed by atoms with Gasteiger partial charge in [0.1, 0.15) is 6.61 Å². The normalized spacial score (nSPS) is 12.9. The van der Waals surface area contributed by atoms with Crippen molar-refractivity contribution in [2.24, 2.45) is 0 Å². The van der Waals surface area contributed by atoms with E-state index in [9.17, 15) is 9.59 Å². The van der Waals surface area contributed by atoms with Crippen molar-refractivity contribution in [2.75, 3.05) is 19.8 Å². The average Bonchev–Trinajstić information content (AvgIpc) is 3.22. The van der Waals surface area contributed by atoms with Crippen LogP contribution in [0.15, 0.2) is 85.1 Å². The van der Waals surface area contributed by atoms with Gasteiger partial charge in [-0.2, -0.15) is 0 Å². The number of esters is 2. The third-order valence-electron chi connectivity index (χ3n) is 9.93. The van der Waals surface area contributed by atoms with E-state index in [0.717, 1.165) is 109 Å². The summed E-state index contributed by atoms with van der Waals surface area (Å²) in [5, 5.41) is 0. The molecule has 0 rings (SSSR count). The van der Waals surface area contributed by atoms with Gasteiger partial charge in [-0.05, 0) is 89.9 Å². The second kappa shape index (κ2) is 48.4. The van der Waals surface area contributed by atoms with Crippen LogP contribution < -0.4 is 0 Å². The van der Waals surface area contributed by atoms with Crippen molar-refractivity contribution in [1.82, 2.24) is 0 Å². The molecule has 1 atom stereocenters. The first kappa shape index (κ1) is 55.1. The first-order chi connectivity index (χ1) is 28.6. The summed E-state index contributed by atoms with van der Waals surface area (Å²) >= 11 is 0. The summed E-state index contributed by atoms with van der Waals surface area (Å²) in [7, 11) is 0. The maximum atomic E-state index is 12.7. The van der Waals surface area contributed by atoms with Gasteiger partial charge in [-0.15, -0.1) is 0 Å². The Bertz CT molecular complexity index is 1090. The van der Waals surface area contributed by atoms with Crippen LogP contribution in [-0.4, -0.2) is 37.9 Å². The molecule has 0 aromatic heterocycles. The fraction of sp³-hybridized carbons (Fsp3) is 0.698. The molecule has 5 heteroatoms. The quantitative estimate of drug-likeness (QED) is 0.0349. The van der Waals surface area contributed by atoms with Crippen molar-refractivity contribution in [3.8, 4) is 0 Å². The van der Waals surface area contributed by atoms with Crippen LogP contribution in [0, 0.1) is 0 Å². The van der Waals surface area contributed by atoms with Crippen molar-refractivity contribution in [3.05, 3.63) is 85.1 Å². The number of rotatable bonds is 43. The fourth-order valence-corrected chi connectivity index (χ4v) is 6.40. The van der Waals surface area contributed by atoms with Crippen LogP contribution in [0.5, 0.6) is 0 Å². The number of allylic oxidation sites excluding steroid dienone is 14. The molecular weight excluding hydrogens is 717 g/mol. The van der Waals surface area contributed by atoms with E-state index in [2.05, 4.69) is 106 Å². The Kier molecular flexibility index (Phi) is 46.0. The SMILES string of the molecule is CC/C=C\C/C=C\C/C=C\C/C=C\CCCCCOCC(COC(=O)CCCCCCCCC/C=C\C/C=C\C/C=C\CC)OC(=O)CCCCCCCCCCC. The summed E-state index contributed by atoms with van der Waals surface area (Å²) in [6, 6.07) is 0. The number of ether oxygens (including phenoxy) is 3. The van der Waals surface area contributed by atoms with E-state index < -0.39 is 6.10 Å². The van der Waals surface area contributed by atoms with Crippen LogP contribution in [0.25, 0.3) is 0 Å². The lowest BCUT2D eigenvalue weighted by Crippen LogP contribution is -2.30. The standard InChI is InChI=1S/C53H90O5/c1-4-7-10-13-16-19-21-23-25-27-28-30-32-35-37-40-43-46-52(54)57-50-51(58-53(55)47-44-41-38-34-18-15-12-9-6-3)49-56-48-45-42-39-36-33-31-29-26-24-22-20-17-14-11-8-5-2/h7-8,10-11,16-17,19-20,23-26,31,33,51H,4-6,9,12-15,18,21-22,27-30,32,34-50H2,1-3H3/b10-7-,11-8-,19-16-,20-17-,25-23-,26-24-,33-31-. The summed E-state index contributed by atoms with van der Waals surface area (Å²) in [6.45, 7) is 7.50. The number of carbonyl (C=O) groups is 2. The van der Waals surface area contributed by atoms with Gasteiger partial charge < -0.3 is 14.2 Å². The lowest BCUT2D eigenvalue weighted by atomic mass is 10.1. The van der Waals surface area contributed by atoms with Crippen molar-refractivity contribution >= 4 is 11.9 Å². The summed E-state index contributed by atoms with van der Waals surface area (Å²) in [5.74, 6) is -0.431. The fourth-order valence-electron chi connectivity index (χ4n) is 6.40. The van der Waals surface area contributed by atoms with E-state index in [1.54, 1.807) is 0 Å². The maximum Gasteiger partial charge on any atom is 0.306 e. The molecule has 0 N–H and O–H groups in total. The number of carbonyl (C=O) groups excluding carboxylic acids is 2. The third kappa shape index (κ3) is 45.8. The van der Waals surface area contributed by atoms with Gasteiger partial charge in [0.05, 0.1) is 6.61 Å². The van der Waals surface area contributed by atoms with Gasteiger partial charge in [-0.3, -0.25) is 9.59 Å². The Hall–Kier alpha value is -2.92. The highest BCUT2D eigenvalue weighted by molar-refractivity contribution is 5.70. The zero-order chi connectivity index (χ0) is 42.1. The molecule has 0 aliphatic rings. The Morgan fingerprint density at radius 2 is 0.776 bits per heavy atom. The molecule has 0 amide bonds. The molecule has 0 aliphatic carbocycles. The number of unbranched alkanes of at least 4 members (excludes halogenated alkanes) is 18. The molecule has 0 aliphatic heterocycles. The van der Waals surface area contributed by atoms with Gasteiger partial charge in [0, 0.05) is 19.4 Å². The minimum Gasteiger partial charge on any atom is -0.462 e. The lowest BCUT2D eigenvalue weighted by Gasteiger charge is -2.18. The summed E-state index contributed by atoms with van der Waals surface area (Å²) in [6.07, 6.45) is 63.0. The molecule has 0 saturated carbocycles. The Morgan fingerprint density at radius 1 is 0.397 bits per heavy atom. The van der Waals surface area contributed by atoms with Crippen LogP contribution in [0.2, 0.25) is 0 Å². The molecule has 0 aromatic rings. The Morgan fingerprint density at radius 3 is 1.24 bits per heavy atom. The molecule has 0 fully saturated rings. The molecule has 0 heterocycles. The highest BCUT2D eigenvalue weighted by atomic mass is 16.6. The van der Waals surface area contributed by atoms with Gasteiger partial charge >= 0.3 is 11.9 Å². The zero-order valence-electron chi connectivity index (χ0n) is 38.0. The number of hydrogen-bond acceptors (Lipinski definition) is 5. The van der Waals surface area contributed by atoms with Crippen LogP contribution >= 0.6 is 0 Å². The van der Waals surface area contributed by atoms with E-state index in [1.165, 1.54) is 70.6 Å². The minimum atomic E-state index is -0.557. The highest BCUT2D eigenvalue weighted by Gasteiger charge is 2.17. The van der Waals surface area contributed by atoms with Crippen LogP contribution in [-0.2, 0) is 23.8 Å². The molecule has 0 saturated heterocycles. The highest BCUT2D eigenvalue weighted by Crippen LogP contribution is 2.13. The van der Waals surface area contributed by atoms with Gasteiger partial charge in [0.15, 0.2) is 6.10 Å². The number of hydrogen-bond donors (Lipinski definition) is 0. The molecule has 0 spiro atoms. The zero-order valence-corrected chi connectivity index (χ0v) is 38.0. The Labute approximate surface area is 359 Å². The molecule has 1 unspecified atom stereocenters. The Balaban J connectivity index is 4.28. The third-order valence-corrected chi connectivity index (χ3v) is 9.93. The molecule has 0 aromatic carbocycles. The van der Waals surface area contributed by atoms with E-state index >= 15 is 0 Å². The molecular formula is C53H90O5. The first-order valence-corrected chi connectivity index (χ1v) is 24.1. The van der Waals surface area contributed by atoms with E-state index in [-0.39, 0.29) is 25.2 Å². The smallest absolute Gasteiger partial charge is 0.306 e. The molecule has 5 nitrogen and oxygen atoms in total. The van der Waals surface area contributed by atoms with E-state index in [0.29, 0.717) is 19.4 Å². The summed E-state index contributed by atoms with van der Waals surface area (Å²) in [5.41, 5.74) is 0. The predicted molar refractivity (Wildman–Crippen MR) is 251 cm³/mol. The second-order valence-electron chi connectivity index (χ2n) is 15.6. The lowest BCUT2D eigenvalue weighted by molar-refractivity contribution is -0.163. The summed E-state index contributed by atoms with van der Waals surface area (Å²) in [4.78, 5) is 25.3. The first-order valence-electron chi connectivity index (χ1n) is 24.1. The predicted octanol–water partition coefficient (Wildman–Crippen LogP) is 16.1. The maximum absolute atomic E-state index is 12.7. The summed E-state index contributed by atoms with van der Waals surface area (Å²) < 4.78 is 17.3. The monoisotopic (exact) mass is 807 g/mol. The van der Waals surface area contributed by atoms with Crippen molar-refractivity contribution in [1.29, 1.82) is 0 Å². The van der Waals surface area contributed by atoms with Gasteiger partial charge in [0.25, 0.3) is 0 Å². The van der Waals surface area contributed by atoms with E-state index in [1.807, 2.05) is 0 Å². The molecule has 0 radical (unpaired) electrons. The van der Waals surface area contributed by atoms with E-state index in [4.69, 9.17) is 14.2 Å². The van der Waals surface area contributed by atoms with Crippen molar-refractivity contribution in [3.63, 3.8) is 0 Å². The molecule has 58 heavy (non-hydrogen) atoms. The van der Waals surface area contributed by atoms with Gasteiger partial charge in [-0.25, -0.2) is 0 Å². The topological polar surface area (TPSA) is 61.8 Å².